The van der Waals surface area contributed by atoms with E-state index in [0.717, 1.165) is 5.56 Å². The van der Waals surface area contributed by atoms with Crippen molar-refractivity contribution < 1.29 is 9.53 Å². The highest BCUT2D eigenvalue weighted by Crippen LogP contribution is 2.16. The number of hydrogen-bond donors (Lipinski definition) is 2. The number of amides is 1. The number of nitrogens with one attached hydrogen (secondary N) is 1. The molecule has 68 valence electrons. The summed E-state index contributed by atoms with van der Waals surface area (Å²) < 4.78 is 5.16. The van der Waals surface area contributed by atoms with Crippen molar-refractivity contribution in [3.8, 4) is 0 Å². The summed E-state index contributed by atoms with van der Waals surface area (Å²) >= 11 is 0. The zero-order chi connectivity index (χ0) is 9.26. The van der Waals surface area contributed by atoms with Crippen LogP contribution in [0.4, 0.5) is 5.69 Å². The summed E-state index contributed by atoms with van der Waals surface area (Å²) in [5.41, 5.74) is 7.73. The molecule has 0 fully saturated rings. The lowest BCUT2D eigenvalue weighted by molar-refractivity contribution is 0.0810. The smallest absolute Gasteiger partial charge is 0.253 e. The van der Waals surface area contributed by atoms with Crippen LogP contribution < -0.4 is 11.1 Å². The highest BCUT2D eigenvalue weighted by Gasteiger charge is 2.14. The van der Waals surface area contributed by atoms with Gasteiger partial charge in [0.1, 0.15) is 6.73 Å². The number of anilines is 1. The molecular weight excluding hydrogens is 168 g/mol. The Hall–Kier alpha value is -1.55. The van der Waals surface area contributed by atoms with Crippen molar-refractivity contribution in [2.24, 2.45) is 0 Å². The van der Waals surface area contributed by atoms with Crippen LogP contribution in [0.1, 0.15) is 15.9 Å². The van der Waals surface area contributed by atoms with Gasteiger partial charge in [0, 0.05) is 11.3 Å². The third kappa shape index (κ3) is 1.48. The van der Waals surface area contributed by atoms with E-state index in [1.165, 1.54) is 0 Å². The molecule has 1 heterocycles. The highest BCUT2D eigenvalue weighted by atomic mass is 16.5. The maximum absolute atomic E-state index is 11.4. The van der Waals surface area contributed by atoms with Crippen LogP contribution in [-0.4, -0.2) is 12.6 Å². The van der Waals surface area contributed by atoms with Crippen LogP contribution in [0, 0.1) is 0 Å². The van der Waals surface area contributed by atoms with Crippen molar-refractivity contribution in [1.29, 1.82) is 0 Å². The van der Waals surface area contributed by atoms with Crippen molar-refractivity contribution in [3.63, 3.8) is 0 Å². The van der Waals surface area contributed by atoms with Crippen molar-refractivity contribution >= 4 is 11.6 Å². The lowest BCUT2D eigenvalue weighted by Gasteiger charge is -2.03. The fraction of sp³-hybridized carbons (Fsp3) is 0.222. The van der Waals surface area contributed by atoms with E-state index in [-0.39, 0.29) is 12.6 Å². The Morgan fingerprint density at radius 3 is 3.15 bits per heavy atom. The van der Waals surface area contributed by atoms with Gasteiger partial charge in [0.25, 0.3) is 5.91 Å². The molecule has 1 aliphatic heterocycles. The summed E-state index contributed by atoms with van der Waals surface area (Å²) in [4.78, 5) is 11.4. The fourth-order valence-corrected chi connectivity index (χ4v) is 1.33. The molecule has 2 rings (SSSR count). The Kier molecular flexibility index (Phi) is 1.90. The first-order valence-electron chi connectivity index (χ1n) is 4.02. The molecule has 0 bridgehead atoms. The highest BCUT2D eigenvalue weighted by molar-refractivity contribution is 5.96. The van der Waals surface area contributed by atoms with Crippen molar-refractivity contribution in [2.75, 3.05) is 12.5 Å². The SMILES string of the molecule is Nc1ccc2c(c1)COCNC2=O. The van der Waals surface area contributed by atoms with Gasteiger partial charge in [0.15, 0.2) is 0 Å². The third-order valence-electron chi connectivity index (χ3n) is 1.97. The Bertz CT molecular complexity index is 349. The molecule has 1 aliphatic rings. The van der Waals surface area contributed by atoms with Gasteiger partial charge in [-0.1, -0.05) is 0 Å². The Morgan fingerprint density at radius 2 is 2.31 bits per heavy atom. The largest absolute Gasteiger partial charge is 0.399 e. The van der Waals surface area contributed by atoms with Gasteiger partial charge in [0.05, 0.1) is 6.61 Å². The number of nitrogen functional groups attached to an aromatic ring is 1. The number of fused-ring (bicyclic) bond motifs is 1. The zero-order valence-corrected chi connectivity index (χ0v) is 7.04. The van der Waals surface area contributed by atoms with E-state index in [2.05, 4.69) is 5.32 Å². The van der Waals surface area contributed by atoms with Gasteiger partial charge in [-0.3, -0.25) is 4.79 Å². The predicted octanol–water partition coefficient (Wildman–Crippen LogP) is 0.486. The lowest BCUT2D eigenvalue weighted by atomic mass is 10.1. The molecule has 0 aliphatic carbocycles. The van der Waals surface area contributed by atoms with Crippen LogP contribution in [0.5, 0.6) is 0 Å². The second-order valence-corrected chi connectivity index (χ2v) is 2.92. The molecule has 4 nitrogen and oxygen atoms in total. The second-order valence-electron chi connectivity index (χ2n) is 2.92. The van der Waals surface area contributed by atoms with Crippen LogP contribution >= 0.6 is 0 Å². The van der Waals surface area contributed by atoms with Gasteiger partial charge in [-0.25, -0.2) is 0 Å². The lowest BCUT2D eigenvalue weighted by Crippen LogP contribution is -2.23. The van der Waals surface area contributed by atoms with Crippen LogP contribution in [0.25, 0.3) is 0 Å². The number of carbonyl (C=O) groups is 1. The predicted molar refractivity (Wildman–Crippen MR) is 48.0 cm³/mol. The number of carbonyl (C=O) groups excluding carboxylic acids is 1. The molecule has 13 heavy (non-hydrogen) atoms. The molecule has 0 unspecified atom stereocenters. The van der Waals surface area contributed by atoms with E-state index in [1.54, 1.807) is 18.2 Å². The first kappa shape index (κ1) is 8.07. The number of rotatable bonds is 0. The van der Waals surface area contributed by atoms with Gasteiger partial charge in [0.2, 0.25) is 0 Å². The molecule has 1 aromatic carbocycles. The maximum atomic E-state index is 11.4. The topological polar surface area (TPSA) is 64.3 Å². The summed E-state index contributed by atoms with van der Waals surface area (Å²) in [7, 11) is 0. The van der Waals surface area contributed by atoms with E-state index in [4.69, 9.17) is 10.5 Å². The van der Waals surface area contributed by atoms with E-state index < -0.39 is 0 Å². The normalized spacial score (nSPS) is 15.8. The zero-order valence-electron chi connectivity index (χ0n) is 7.04. The Balaban J connectivity index is 2.48. The molecule has 0 saturated heterocycles. The van der Waals surface area contributed by atoms with Crippen LogP contribution in [0.3, 0.4) is 0 Å². The molecular formula is C9H10N2O2. The van der Waals surface area contributed by atoms with Gasteiger partial charge in [-0.15, -0.1) is 0 Å². The fourth-order valence-electron chi connectivity index (χ4n) is 1.33. The minimum absolute atomic E-state index is 0.104. The first-order chi connectivity index (χ1) is 6.27. The number of ether oxygens (including phenoxy) is 1. The molecule has 0 atom stereocenters. The third-order valence-corrected chi connectivity index (χ3v) is 1.97. The minimum atomic E-state index is -0.104. The van der Waals surface area contributed by atoms with Gasteiger partial charge < -0.3 is 15.8 Å². The number of nitrogens with two attached hydrogens (primary N) is 1. The van der Waals surface area contributed by atoms with Gasteiger partial charge >= 0.3 is 0 Å². The van der Waals surface area contributed by atoms with Crippen molar-refractivity contribution in [2.45, 2.75) is 6.61 Å². The summed E-state index contributed by atoms with van der Waals surface area (Å²) in [5.74, 6) is -0.104. The van der Waals surface area contributed by atoms with E-state index >= 15 is 0 Å². The molecule has 0 radical (unpaired) electrons. The number of benzene rings is 1. The molecule has 3 N–H and O–H groups in total. The van der Waals surface area contributed by atoms with Gasteiger partial charge in [-0.05, 0) is 23.8 Å². The Labute approximate surface area is 75.7 Å². The van der Waals surface area contributed by atoms with E-state index in [9.17, 15) is 4.79 Å². The molecule has 0 spiro atoms. The maximum Gasteiger partial charge on any atom is 0.253 e. The van der Waals surface area contributed by atoms with Gasteiger partial charge in [-0.2, -0.15) is 0 Å². The molecule has 0 aromatic heterocycles. The standard InChI is InChI=1S/C9H10N2O2/c10-7-1-2-8-6(3-7)4-13-5-11-9(8)12/h1-3H,4-5,10H2,(H,11,12). The average Bonchev–Trinajstić information content (AvgIpc) is 2.28. The van der Waals surface area contributed by atoms with Crippen LogP contribution in [0.2, 0.25) is 0 Å². The van der Waals surface area contributed by atoms with E-state index in [0.29, 0.717) is 17.9 Å². The molecule has 4 heteroatoms. The molecule has 1 aromatic rings. The van der Waals surface area contributed by atoms with Crippen molar-refractivity contribution in [1.82, 2.24) is 5.32 Å². The Morgan fingerprint density at radius 1 is 1.46 bits per heavy atom. The first-order valence-corrected chi connectivity index (χ1v) is 4.02. The van der Waals surface area contributed by atoms with E-state index in [1.807, 2.05) is 0 Å². The summed E-state index contributed by atoms with van der Waals surface area (Å²) in [6.07, 6.45) is 0. The second kappa shape index (κ2) is 3.06. The average molecular weight is 178 g/mol. The van der Waals surface area contributed by atoms with Crippen molar-refractivity contribution in [3.05, 3.63) is 29.3 Å². The minimum Gasteiger partial charge on any atom is -0.399 e. The summed E-state index contributed by atoms with van der Waals surface area (Å²) in [6.45, 7) is 0.687. The van der Waals surface area contributed by atoms with Crippen LogP contribution in [0.15, 0.2) is 18.2 Å². The summed E-state index contributed by atoms with van der Waals surface area (Å²) in [5, 5.41) is 2.62. The van der Waals surface area contributed by atoms with Crippen LogP contribution in [-0.2, 0) is 11.3 Å². The monoisotopic (exact) mass is 178 g/mol. The molecule has 0 saturated carbocycles. The molecule has 1 amide bonds. The number of hydrogen-bond acceptors (Lipinski definition) is 3. The quantitative estimate of drug-likeness (QED) is 0.568. The summed E-state index contributed by atoms with van der Waals surface area (Å²) in [6, 6.07) is 5.19.